The Morgan fingerprint density at radius 3 is 2.48 bits per heavy atom. The van der Waals surface area contributed by atoms with Gasteiger partial charge in [0, 0.05) is 6.54 Å². The Labute approximate surface area is 157 Å². The molecule has 1 saturated heterocycles. The molecule has 1 aliphatic carbocycles. The van der Waals surface area contributed by atoms with Crippen molar-refractivity contribution in [3.8, 4) is 0 Å². The van der Waals surface area contributed by atoms with E-state index in [9.17, 15) is 18.4 Å². The Kier molecular flexibility index (Phi) is 4.91. The molecule has 1 saturated carbocycles. The van der Waals surface area contributed by atoms with Crippen LogP contribution < -0.4 is 0 Å². The molecule has 148 valence electrons. The van der Waals surface area contributed by atoms with E-state index in [4.69, 9.17) is 9.47 Å². The first-order valence-corrected chi connectivity index (χ1v) is 9.10. The van der Waals surface area contributed by atoms with Crippen LogP contribution in [-0.4, -0.2) is 41.6 Å². The highest BCUT2D eigenvalue weighted by molar-refractivity contribution is 5.78. The summed E-state index contributed by atoms with van der Waals surface area (Å²) < 4.78 is 40.0. The largest absolute Gasteiger partial charge is 0.461 e. The summed E-state index contributed by atoms with van der Waals surface area (Å²) >= 11 is 0. The van der Waals surface area contributed by atoms with Crippen molar-refractivity contribution in [1.82, 2.24) is 4.90 Å². The van der Waals surface area contributed by atoms with Gasteiger partial charge < -0.3 is 14.4 Å². The SMILES string of the molecule is CC(C)(C)OC(=O)N1CCC2(CC2C(=O)OCc2ccccc2)C(F)(F)C1. The van der Waals surface area contributed by atoms with Gasteiger partial charge in [0.25, 0.3) is 5.92 Å². The summed E-state index contributed by atoms with van der Waals surface area (Å²) in [6.07, 6.45) is -0.596. The lowest BCUT2D eigenvalue weighted by Gasteiger charge is -2.39. The minimum atomic E-state index is -3.15. The average molecular weight is 381 g/mol. The first-order chi connectivity index (χ1) is 12.5. The molecule has 1 amide bonds. The number of hydrogen-bond donors (Lipinski definition) is 0. The summed E-state index contributed by atoms with van der Waals surface area (Å²) in [7, 11) is 0. The van der Waals surface area contributed by atoms with Crippen LogP contribution in [0, 0.1) is 11.3 Å². The Bertz CT molecular complexity index is 716. The molecule has 27 heavy (non-hydrogen) atoms. The molecule has 7 heteroatoms. The molecular formula is C20H25F2NO4. The fraction of sp³-hybridized carbons (Fsp3) is 0.600. The highest BCUT2D eigenvalue weighted by Gasteiger charge is 2.73. The standard InChI is InChI=1S/C20H25F2NO4/c1-18(2,3)27-17(25)23-10-9-19(20(21,22)13-23)11-15(19)16(24)26-12-14-7-5-4-6-8-14/h4-8,15H,9-13H2,1-3H3. The maximum atomic E-state index is 14.8. The molecule has 2 unspecified atom stereocenters. The number of nitrogens with zero attached hydrogens (tertiary/aromatic N) is 1. The van der Waals surface area contributed by atoms with Gasteiger partial charge in [-0.05, 0) is 39.2 Å². The predicted octanol–water partition coefficient (Wildman–Crippen LogP) is 4.01. The van der Waals surface area contributed by atoms with E-state index in [1.165, 1.54) is 0 Å². The molecule has 2 aliphatic rings. The average Bonchev–Trinajstić information content (AvgIpc) is 3.31. The summed E-state index contributed by atoms with van der Waals surface area (Å²) in [4.78, 5) is 25.4. The summed E-state index contributed by atoms with van der Waals surface area (Å²) in [5, 5.41) is 0. The third kappa shape index (κ3) is 4.06. The van der Waals surface area contributed by atoms with Crippen molar-refractivity contribution >= 4 is 12.1 Å². The van der Waals surface area contributed by atoms with E-state index in [1.807, 2.05) is 30.3 Å². The predicted molar refractivity (Wildman–Crippen MR) is 94.1 cm³/mol. The van der Waals surface area contributed by atoms with Gasteiger partial charge in [0.05, 0.1) is 17.9 Å². The van der Waals surface area contributed by atoms with Gasteiger partial charge in [0.15, 0.2) is 0 Å². The topological polar surface area (TPSA) is 55.8 Å². The maximum absolute atomic E-state index is 14.8. The number of benzene rings is 1. The minimum Gasteiger partial charge on any atom is -0.461 e. The van der Waals surface area contributed by atoms with Crippen molar-refractivity contribution in [2.45, 2.75) is 51.7 Å². The van der Waals surface area contributed by atoms with E-state index in [0.717, 1.165) is 10.5 Å². The van der Waals surface area contributed by atoms with Gasteiger partial charge in [-0.25, -0.2) is 13.6 Å². The van der Waals surface area contributed by atoms with Gasteiger partial charge >= 0.3 is 12.1 Å². The number of esters is 1. The summed E-state index contributed by atoms with van der Waals surface area (Å²) in [5.74, 6) is -4.57. The lowest BCUT2D eigenvalue weighted by atomic mass is 9.87. The van der Waals surface area contributed by atoms with Crippen LogP contribution in [0.4, 0.5) is 13.6 Å². The van der Waals surface area contributed by atoms with Crippen LogP contribution in [0.25, 0.3) is 0 Å². The molecular weight excluding hydrogens is 356 g/mol. The zero-order chi connectivity index (χ0) is 19.9. The summed E-state index contributed by atoms with van der Waals surface area (Å²) in [6, 6.07) is 9.11. The third-order valence-corrected chi connectivity index (χ3v) is 5.18. The van der Waals surface area contributed by atoms with Crippen molar-refractivity contribution in [2.75, 3.05) is 13.1 Å². The smallest absolute Gasteiger partial charge is 0.410 e. The second kappa shape index (κ2) is 6.77. The molecule has 0 bridgehead atoms. The number of amides is 1. The second-order valence-corrected chi connectivity index (χ2v) is 8.36. The van der Waals surface area contributed by atoms with E-state index in [1.54, 1.807) is 20.8 Å². The quantitative estimate of drug-likeness (QED) is 0.743. The first-order valence-electron chi connectivity index (χ1n) is 9.10. The highest BCUT2D eigenvalue weighted by Crippen LogP contribution is 2.66. The van der Waals surface area contributed by atoms with Crippen LogP contribution in [-0.2, 0) is 20.9 Å². The van der Waals surface area contributed by atoms with Crippen molar-refractivity contribution in [3.63, 3.8) is 0 Å². The van der Waals surface area contributed by atoms with Gasteiger partial charge in [0.1, 0.15) is 12.2 Å². The van der Waals surface area contributed by atoms with Crippen molar-refractivity contribution in [2.24, 2.45) is 11.3 Å². The number of ether oxygens (including phenoxy) is 2. The zero-order valence-corrected chi connectivity index (χ0v) is 15.8. The number of carbonyl (C=O) groups is 2. The normalized spacial score (nSPS) is 26.6. The number of piperidine rings is 1. The fourth-order valence-electron chi connectivity index (χ4n) is 3.60. The molecule has 1 aromatic carbocycles. The number of halogens is 2. The molecule has 2 fully saturated rings. The van der Waals surface area contributed by atoms with Gasteiger partial charge in [-0.3, -0.25) is 4.79 Å². The summed E-state index contributed by atoms with van der Waals surface area (Å²) in [6.45, 7) is 4.55. The third-order valence-electron chi connectivity index (χ3n) is 5.18. The monoisotopic (exact) mass is 381 g/mol. The lowest BCUT2D eigenvalue weighted by molar-refractivity contribution is -0.158. The van der Waals surface area contributed by atoms with Gasteiger partial charge in [-0.2, -0.15) is 0 Å². The Hall–Kier alpha value is -2.18. The van der Waals surface area contributed by atoms with Crippen LogP contribution in [0.1, 0.15) is 39.2 Å². The number of hydrogen-bond acceptors (Lipinski definition) is 4. The van der Waals surface area contributed by atoms with Crippen LogP contribution in [0.2, 0.25) is 0 Å². The van der Waals surface area contributed by atoms with Crippen molar-refractivity contribution in [3.05, 3.63) is 35.9 Å². The molecule has 2 atom stereocenters. The number of rotatable bonds is 3. The first kappa shape index (κ1) is 19.6. The molecule has 1 spiro atoms. The molecule has 1 aliphatic heterocycles. The second-order valence-electron chi connectivity index (χ2n) is 8.36. The Balaban J connectivity index is 1.58. The van der Waals surface area contributed by atoms with Gasteiger partial charge in [-0.1, -0.05) is 30.3 Å². The molecule has 0 aromatic heterocycles. The van der Waals surface area contributed by atoms with Crippen LogP contribution in [0.15, 0.2) is 30.3 Å². The zero-order valence-electron chi connectivity index (χ0n) is 15.8. The van der Waals surface area contributed by atoms with E-state index in [-0.39, 0.29) is 26.0 Å². The number of likely N-dealkylation sites (tertiary alicyclic amines) is 1. The molecule has 3 rings (SSSR count). The molecule has 0 radical (unpaired) electrons. The molecule has 1 heterocycles. The molecule has 1 aromatic rings. The number of alkyl halides is 2. The Morgan fingerprint density at radius 2 is 1.89 bits per heavy atom. The van der Waals surface area contributed by atoms with E-state index < -0.39 is 41.5 Å². The van der Waals surface area contributed by atoms with E-state index >= 15 is 0 Å². The molecule has 5 nitrogen and oxygen atoms in total. The molecule has 0 N–H and O–H groups in total. The summed E-state index contributed by atoms with van der Waals surface area (Å²) in [5.41, 5.74) is -1.34. The van der Waals surface area contributed by atoms with Crippen molar-refractivity contribution in [1.29, 1.82) is 0 Å². The lowest BCUT2D eigenvalue weighted by Crippen LogP contribution is -2.53. The van der Waals surface area contributed by atoms with Crippen LogP contribution in [0.3, 0.4) is 0 Å². The van der Waals surface area contributed by atoms with E-state index in [0.29, 0.717) is 0 Å². The fourth-order valence-corrected chi connectivity index (χ4v) is 3.60. The Morgan fingerprint density at radius 1 is 1.22 bits per heavy atom. The van der Waals surface area contributed by atoms with E-state index in [2.05, 4.69) is 0 Å². The highest BCUT2D eigenvalue weighted by atomic mass is 19.3. The minimum absolute atomic E-state index is 0.0599. The van der Waals surface area contributed by atoms with Crippen LogP contribution in [0.5, 0.6) is 0 Å². The van der Waals surface area contributed by atoms with Crippen LogP contribution >= 0.6 is 0 Å². The van der Waals surface area contributed by atoms with Gasteiger partial charge in [0.2, 0.25) is 0 Å². The maximum Gasteiger partial charge on any atom is 0.410 e. The van der Waals surface area contributed by atoms with Gasteiger partial charge in [-0.15, -0.1) is 0 Å². The number of carbonyl (C=O) groups excluding carboxylic acids is 2. The van der Waals surface area contributed by atoms with Crippen molar-refractivity contribution < 1.29 is 27.8 Å².